The lowest BCUT2D eigenvalue weighted by Crippen LogP contribution is -2.52. The number of amides is 1. The highest BCUT2D eigenvalue weighted by Crippen LogP contribution is 2.41. The van der Waals surface area contributed by atoms with Crippen LogP contribution < -0.4 is 10.6 Å². The lowest BCUT2D eigenvalue weighted by Gasteiger charge is -2.38. The summed E-state index contributed by atoms with van der Waals surface area (Å²) in [6.07, 6.45) is 8.03. The maximum Gasteiger partial charge on any atom is 0.409 e. The second-order valence-electron chi connectivity index (χ2n) is 7.62. The molecule has 3 rings (SSSR count). The van der Waals surface area contributed by atoms with Gasteiger partial charge in [0.25, 0.3) is 0 Å². The van der Waals surface area contributed by atoms with Gasteiger partial charge in [0, 0.05) is 43.0 Å². The van der Waals surface area contributed by atoms with E-state index < -0.39 is 0 Å². The number of rotatable bonds is 4. The van der Waals surface area contributed by atoms with Gasteiger partial charge in [0.1, 0.15) is 0 Å². The van der Waals surface area contributed by atoms with Crippen molar-refractivity contribution >= 4 is 23.4 Å². The highest BCUT2D eigenvalue weighted by atomic mass is 32.1. The van der Waals surface area contributed by atoms with E-state index in [1.54, 1.807) is 4.90 Å². The molecule has 0 aromatic carbocycles. The molecule has 1 aliphatic carbocycles. The quantitative estimate of drug-likeness (QED) is 0.609. The van der Waals surface area contributed by atoms with E-state index in [0.717, 1.165) is 38.4 Å². The number of nitrogens with zero attached hydrogens (tertiary/aromatic N) is 2. The van der Waals surface area contributed by atoms with Gasteiger partial charge in [-0.3, -0.25) is 4.99 Å². The number of likely N-dealkylation sites (tertiary alicyclic amines) is 1. The van der Waals surface area contributed by atoms with Crippen LogP contribution in [0.25, 0.3) is 0 Å². The molecule has 0 spiro atoms. The van der Waals surface area contributed by atoms with Gasteiger partial charge in [-0.05, 0) is 37.1 Å². The number of hydrogen-bond donors (Lipinski definition) is 2. The fraction of sp³-hybridized carbons (Fsp3) is 0.700. The van der Waals surface area contributed by atoms with Gasteiger partial charge >= 0.3 is 6.09 Å². The largest absolute Gasteiger partial charge is 0.453 e. The van der Waals surface area contributed by atoms with Gasteiger partial charge in [-0.1, -0.05) is 25.3 Å². The number of ether oxygens (including phenoxy) is 1. The summed E-state index contributed by atoms with van der Waals surface area (Å²) in [5.41, 5.74) is 0.234. The van der Waals surface area contributed by atoms with E-state index in [2.05, 4.69) is 33.1 Å². The predicted octanol–water partition coefficient (Wildman–Crippen LogP) is 3.35. The van der Waals surface area contributed by atoms with Gasteiger partial charge in [-0.25, -0.2) is 4.79 Å². The van der Waals surface area contributed by atoms with Crippen LogP contribution in [0, 0.1) is 0 Å². The topological polar surface area (TPSA) is 66.0 Å². The number of aliphatic imine (C=N–C) groups is 1. The summed E-state index contributed by atoms with van der Waals surface area (Å²) in [5.74, 6) is 0.869. The SMILES string of the molecule is CN=C(NCC1(c2cccs2)CCCCC1)NC1CCN(C(=O)OC)CC1. The maximum atomic E-state index is 11.6. The fourth-order valence-electron chi connectivity index (χ4n) is 4.30. The van der Waals surface area contributed by atoms with Crippen LogP contribution in [0.5, 0.6) is 0 Å². The average Bonchev–Trinajstić information content (AvgIpc) is 3.27. The standard InChI is InChI=1S/C20H32N4O2S/c1-21-18(23-16-8-12-24(13-9-16)19(25)26-2)22-15-20(10-4-3-5-11-20)17-7-6-14-27-17/h6-7,14,16H,3-5,8-13,15H2,1-2H3,(H2,21,22,23). The van der Waals surface area contributed by atoms with E-state index in [4.69, 9.17) is 4.74 Å². The first kappa shape index (κ1) is 20.0. The van der Waals surface area contributed by atoms with Crippen LogP contribution in [0.3, 0.4) is 0 Å². The first-order valence-electron chi connectivity index (χ1n) is 10.0. The number of guanidine groups is 1. The minimum atomic E-state index is -0.230. The first-order chi connectivity index (χ1) is 13.2. The normalized spacial score (nSPS) is 21.0. The van der Waals surface area contributed by atoms with Gasteiger partial charge in [0.15, 0.2) is 5.96 Å². The molecule has 27 heavy (non-hydrogen) atoms. The third-order valence-electron chi connectivity index (χ3n) is 5.94. The molecule has 0 bridgehead atoms. The summed E-state index contributed by atoms with van der Waals surface area (Å²) < 4.78 is 4.81. The van der Waals surface area contributed by atoms with Crippen molar-refractivity contribution in [1.29, 1.82) is 0 Å². The number of hydrogen-bond acceptors (Lipinski definition) is 4. The molecular weight excluding hydrogens is 360 g/mol. The molecular formula is C20H32N4O2S. The zero-order chi connectivity index (χ0) is 19.1. The van der Waals surface area contributed by atoms with Crippen molar-refractivity contribution < 1.29 is 9.53 Å². The number of methoxy groups -OCH3 is 1. The number of carbonyl (C=O) groups is 1. The first-order valence-corrected chi connectivity index (χ1v) is 10.9. The second-order valence-corrected chi connectivity index (χ2v) is 8.57. The van der Waals surface area contributed by atoms with Gasteiger partial charge in [-0.15, -0.1) is 11.3 Å². The molecule has 0 radical (unpaired) electrons. The van der Waals surface area contributed by atoms with Gasteiger partial charge in [0.05, 0.1) is 7.11 Å². The molecule has 7 heteroatoms. The Bertz CT molecular complexity index is 618. The molecule has 2 N–H and O–H groups in total. The molecule has 1 saturated heterocycles. The molecule has 1 aromatic rings. The molecule has 0 atom stereocenters. The van der Waals surface area contributed by atoms with E-state index in [-0.39, 0.29) is 11.5 Å². The van der Waals surface area contributed by atoms with Crippen LogP contribution in [0.1, 0.15) is 49.8 Å². The van der Waals surface area contributed by atoms with Gasteiger partial charge in [0.2, 0.25) is 0 Å². The minimum absolute atomic E-state index is 0.230. The van der Waals surface area contributed by atoms with Crippen LogP contribution in [0.2, 0.25) is 0 Å². The zero-order valence-corrected chi connectivity index (χ0v) is 17.3. The summed E-state index contributed by atoms with van der Waals surface area (Å²) in [5, 5.41) is 9.34. The summed E-state index contributed by atoms with van der Waals surface area (Å²) >= 11 is 1.88. The lowest BCUT2D eigenvalue weighted by atomic mass is 9.73. The number of nitrogens with one attached hydrogen (secondary N) is 2. The molecule has 2 aliphatic rings. The fourth-order valence-corrected chi connectivity index (χ4v) is 5.28. The number of carbonyl (C=O) groups excluding carboxylic acids is 1. The summed E-state index contributed by atoms with van der Waals surface area (Å²) in [4.78, 5) is 19.3. The minimum Gasteiger partial charge on any atom is -0.453 e. The predicted molar refractivity (Wildman–Crippen MR) is 111 cm³/mol. The highest BCUT2D eigenvalue weighted by Gasteiger charge is 2.35. The average molecular weight is 393 g/mol. The van der Waals surface area contributed by atoms with Crippen molar-refractivity contribution in [3.8, 4) is 0 Å². The third kappa shape index (κ3) is 4.94. The Balaban J connectivity index is 1.54. The summed E-state index contributed by atoms with van der Waals surface area (Å²) in [6, 6.07) is 4.79. The highest BCUT2D eigenvalue weighted by molar-refractivity contribution is 7.10. The second kappa shape index (κ2) is 9.44. The van der Waals surface area contributed by atoms with Crippen LogP contribution in [-0.2, 0) is 10.2 Å². The molecule has 1 amide bonds. The molecule has 2 heterocycles. The van der Waals surface area contributed by atoms with Crippen molar-refractivity contribution in [2.45, 2.75) is 56.4 Å². The van der Waals surface area contributed by atoms with Crippen LogP contribution in [0.15, 0.2) is 22.5 Å². The lowest BCUT2D eigenvalue weighted by molar-refractivity contribution is 0.111. The Hall–Kier alpha value is -1.76. The zero-order valence-electron chi connectivity index (χ0n) is 16.5. The van der Waals surface area contributed by atoms with Gasteiger partial charge < -0.3 is 20.3 Å². The van der Waals surface area contributed by atoms with E-state index in [0.29, 0.717) is 6.04 Å². The molecule has 1 saturated carbocycles. The van der Waals surface area contributed by atoms with Crippen molar-refractivity contribution in [2.24, 2.45) is 4.99 Å². The van der Waals surface area contributed by atoms with Crippen molar-refractivity contribution in [2.75, 3.05) is 33.8 Å². The van der Waals surface area contributed by atoms with Gasteiger partial charge in [-0.2, -0.15) is 0 Å². The van der Waals surface area contributed by atoms with Crippen LogP contribution in [-0.4, -0.2) is 56.8 Å². The number of thiophene rings is 1. The number of piperidine rings is 1. The van der Waals surface area contributed by atoms with Crippen molar-refractivity contribution in [1.82, 2.24) is 15.5 Å². The smallest absolute Gasteiger partial charge is 0.409 e. The van der Waals surface area contributed by atoms with E-state index in [1.165, 1.54) is 44.1 Å². The van der Waals surface area contributed by atoms with Crippen LogP contribution >= 0.6 is 11.3 Å². The van der Waals surface area contributed by atoms with E-state index >= 15 is 0 Å². The summed E-state index contributed by atoms with van der Waals surface area (Å²) in [6.45, 7) is 2.37. The maximum absolute atomic E-state index is 11.6. The molecule has 150 valence electrons. The monoisotopic (exact) mass is 392 g/mol. The van der Waals surface area contributed by atoms with E-state index in [9.17, 15) is 4.79 Å². The van der Waals surface area contributed by atoms with Crippen molar-refractivity contribution in [3.05, 3.63) is 22.4 Å². The van der Waals surface area contributed by atoms with Crippen molar-refractivity contribution in [3.63, 3.8) is 0 Å². The Morgan fingerprint density at radius 2 is 2.07 bits per heavy atom. The Kier molecular flexibility index (Phi) is 6.99. The molecule has 1 aliphatic heterocycles. The molecule has 0 unspecified atom stereocenters. The molecule has 2 fully saturated rings. The summed E-state index contributed by atoms with van der Waals surface area (Å²) in [7, 11) is 3.27. The van der Waals surface area contributed by atoms with Crippen LogP contribution in [0.4, 0.5) is 4.79 Å². The van der Waals surface area contributed by atoms with E-state index in [1.807, 2.05) is 18.4 Å². The third-order valence-corrected chi connectivity index (χ3v) is 7.06. The molecule has 6 nitrogen and oxygen atoms in total. The Labute approximate surface area is 166 Å². The molecule has 1 aromatic heterocycles. The Morgan fingerprint density at radius 3 is 2.67 bits per heavy atom. The Morgan fingerprint density at radius 1 is 1.33 bits per heavy atom.